The summed E-state index contributed by atoms with van der Waals surface area (Å²) in [5, 5.41) is 17.4. The van der Waals surface area contributed by atoms with Crippen molar-refractivity contribution in [3.05, 3.63) is 46.4 Å². The first kappa shape index (κ1) is 23.1. The Morgan fingerprint density at radius 2 is 1.55 bits per heavy atom. The van der Waals surface area contributed by atoms with Crippen LogP contribution >= 0.6 is 23.2 Å². The van der Waals surface area contributed by atoms with Crippen molar-refractivity contribution >= 4 is 53.3 Å². The molecule has 7 heteroatoms. The number of benzene rings is 2. The Bertz CT molecular complexity index is 1050. The molecule has 2 heterocycles. The lowest BCUT2D eigenvalue weighted by molar-refractivity contribution is 0.113. The molecule has 2 aromatic carbocycles. The van der Waals surface area contributed by atoms with Crippen molar-refractivity contribution in [1.82, 2.24) is 9.88 Å². The Hall–Kier alpha value is -1.08. The van der Waals surface area contributed by atoms with Crippen molar-refractivity contribution in [3.8, 4) is 0 Å². The van der Waals surface area contributed by atoms with E-state index in [0.717, 1.165) is 28.2 Å². The first-order valence-electron chi connectivity index (χ1n) is 11.0. The minimum absolute atomic E-state index is 0.0526. The molecule has 1 aliphatic rings. The van der Waals surface area contributed by atoms with Gasteiger partial charge in [-0.2, -0.15) is 0 Å². The van der Waals surface area contributed by atoms with Crippen LogP contribution < -0.4 is 5.32 Å². The fraction of sp³-hybridized carbons (Fsp3) is 0.500. The Morgan fingerprint density at radius 3 is 2.06 bits per heavy atom. The van der Waals surface area contributed by atoms with E-state index in [4.69, 9.17) is 27.6 Å². The molecule has 3 atom stereocenters. The summed E-state index contributed by atoms with van der Waals surface area (Å²) in [4.78, 5) is 0. The molecule has 2 unspecified atom stereocenters. The van der Waals surface area contributed by atoms with Crippen molar-refractivity contribution in [2.45, 2.75) is 70.1 Å². The molecule has 2 N–H and O–H groups in total. The van der Waals surface area contributed by atoms with Crippen LogP contribution in [-0.4, -0.2) is 36.9 Å². The summed E-state index contributed by atoms with van der Waals surface area (Å²) >= 11 is 12.7. The molecule has 0 bridgehead atoms. The minimum Gasteiger partial charge on any atom is -0.411 e. The van der Waals surface area contributed by atoms with Crippen molar-refractivity contribution in [2.75, 3.05) is 6.54 Å². The molecule has 1 aromatic heterocycles. The number of aliphatic hydroxyl groups excluding tert-OH is 1. The summed E-state index contributed by atoms with van der Waals surface area (Å²) in [6.07, 6.45) is 0.915. The maximum absolute atomic E-state index is 10.4. The van der Waals surface area contributed by atoms with Crippen LogP contribution in [0.2, 0.25) is 28.2 Å². The van der Waals surface area contributed by atoms with E-state index in [1.807, 2.05) is 24.3 Å². The smallest absolute Gasteiger partial charge is 0.192 e. The third kappa shape index (κ3) is 4.41. The molecular formula is C24H32Cl2N2O2Si. The predicted octanol–water partition coefficient (Wildman–Crippen LogP) is 6.73. The zero-order chi connectivity index (χ0) is 22.6. The van der Waals surface area contributed by atoms with E-state index < -0.39 is 14.5 Å². The monoisotopic (exact) mass is 478 g/mol. The second-order valence-corrected chi connectivity index (χ2v) is 15.8. The molecule has 1 aliphatic heterocycles. The summed E-state index contributed by atoms with van der Waals surface area (Å²) in [6, 6.07) is 12.2. The van der Waals surface area contributed by atoms with Crippen LogP contribution in [0, 0.1) is 0 Å². The van der Waals surface area contributed by atoms with E-state index in [9.17, 15) is 5.11 Å². The largest absolute Gasteiger partial charge is 0.411 e. The van der Waals surface area contributed by atoms with Crippen molar-refractivity contribution in [1.29, 1.82) is 0 Å². The van der Waals surface area contributed by atoms with Gasteiger partial charge in [0.15, 0.2) is 8.32 Å². The highest BCUT2D eigenvalue weighted by Crippen LogP contribution is 2.42. The van der Waals surface area contributed by atoms with Crippen LogP contribution in [0.1, 0.15) is 39.7 Å². The summed E-state index contributed by atoms with van der Waals surface area (Å²) in [6.45, 7) is 12.0. The van der Waals surface area contributed by atoms with Gasteiger partial charge in [-0.05, 0) is 67.4 Å². The Morgan fingerprint density at radius 1 is 1.00 bits per heavy atom. The molecular weight excluding hydrogens is 447 g/mol. The van der Waals surface area contributed by atoms with Crippen LogP contribution in [0.5, 0.6) is 0 Å². The summed E-state index contributed by atoms with van der Waals surface area (Å²) in [5.74, 6) is 0. The van der Waals surface area contributed by atoms with Crippen molar-refractivity contribution in [2.24, 2.45) is 0 Å². The number of hydrogen-bond donors (Lipinski definition) is 2. The standard InChI is InChI=1S/C24H32Cl2N2O2Si/c1-24(2,3)31(4,5)30-22-14-27-23(29)11-10-21(22)28-19-8-6-15(25)12-17(19)18-13-16(26)7-9-20(18)28/h6-9,12-13,21-23,27,29H,10-11,14H2,1-5H3/t21-,22?,23?/m1/s1. The van der Waals surface area contributed by atoms with Gasteiger partial charge in [0.05, 0.1) is 12.1 Å². The lowest BCUT2D eigenvalue weighted by Gasteiger charge is -2.41. The van der Waals surface area contributed by atoms with Crippen LogP contribution in [0.15, 0.2) is 36.4 Å². The lowest BCUT2D eigenvalue weighted by atomic mass is 10.1. The van der Waals surface area contributed by atoms with E-state index in [1.54, 1.807) is 0 Å². The molecule has 0 aliphatic carbocycles. The average molecular weight is 480 g/mol. The Balaban J connectivity index is 1.90. The number of nitrogens with zero attached hydrogens (tertiary/aromatic N) is 1. The van der Waals surface area contributed by atoms with E-state index in [1.165, 1.54) is 0 Å². The quantitative estimate of drug-likeness (QED) is 0.409. The fourth-order valence-electron chi connectivity index (χ4n) is 4.33. The SMILES string of the molecule is CC(C)(C)[Si](C)(C)OC1CNC(O)CC[C@H]1n1c2ccc(Cl)cc2c2cc(Cl)ccc21. The van der Waals surface area contributed by atoms with Gasteiger partial charge in [-0.15, -0.1) is 0 Å². The van der Waals surface area contributed by atoms with Gasteiger partial charge in [0, 0.05) is 38.4 Å². The van der Waals surface area contributed by atoms with Gasteiger partial charge >= 0.3 is 0 Å². The molecule has 0 saturated carbocycles. The van der Waals surface area contributed by atoms with Crippen LogP contribution in [0.4, 0.5) is 0 Å². The first-order valence-corrected chi connectivity index (χ1v) is 14.6. The number of rotatable bonds is 3. The van der Waals surface area contributed by atoms with Gasteiger partial charge in [0.1, 0.15) is 6.23 Å². The van der Waals surface area contributed by atoms with Gasteiger partial charge < -0.3 is 14.1 Å². The molecule has 0 amide bonds. The van der Waals surface area contributed by atoms with Gasteiger partial charge in [0.2, 0.25) is 0 Å². The zero-order valence-electron chi connectivity index (χ0n) is 18.9. The number of halogens is 2. The first-order chi connectivity index (χ1) is 14.5. The third-order valence-corrected chi connectivity index (χ3v) is 12.0. The minimum atomic E-state index is -2.02. The normalized spacial score (nSPS) is 23.4. The molecule has 4 rings (SSSR count). The second-order valence-electron chi connectivity index (χ2n) is 10.2. The second kappa shape index (κ2) is 8.36. The van der Waals surface area contributed by atoms with Crippen LogP contribution in [-0.2, 0) is 4.43 Å². The summed E-state index contributed by atoms with van der Waals surface area (Å²) in [5.41, 5.74) is 2.23. The highest BCUT2D eigenvalue weighted by molar-refractivity contribution is 6.74. The number of aliphatic hydroxyl groups is 1. The van der Waals surface area contributed by atoms with Crippen molar-refractivity contribution in [3.63, 3.8) is 0 Å². The summed E-state index contributed by atoms with van der Waals surface area (Å²) in [7, 11) is -2.02. The fourth-order valence-corrected chi connectivity index (χ4v) is 6.03. The molecule has 31 heavy (non-hydrogen) atoms. The van der Waals surface area contributed by atoms with E-state index in [0.29, 0.717) is 23.0 Å². The van der Waals surface area contributed by atoms with Crippen LogP contribution in [0.25, 0.3) is 21.8 Å². The van der Waals surface area contributed by atoms with Gasteiger partial charge in [-0.25, -0.2) is 0 Å². The topological polar surface area (TPSA) is 46.4 Å². The van der Waals surface area contributed by atoms with E-state index in [-0.39, 0.29) is 17.2 Å². The van der Waals surface area contributed by atoms with Crippen molar-refractivity contribution < 1.29 is 9.53 Å². The third-order valence-electron chi connectivity index (χ3n) is 7.03. The van der Waals surface area contributed by atoms with Gasteiger partial charge in [-0.1, -0.05) is 44.0 Å². The van der Waals surface area contributed by atoms with Gasteiger partial charge in [-0.3, -0.25) is 5.32 Å². The summed E-state index contributed by atoms with van der Waals surface area (Å²) < 4.78 is 9.33. The Labute approximate surface area is 195 Å². The zero-order valence-corrected chi connectivity index (χ0v) is 21.4. The maximum atomic E-state index is 10.4. The predicted molar refractivity (Wildman–Crippen MR) is 134 cm³/mol. The molecule has 168 valence electrons. The number of fused-ring (bicyclic) bond motifs is 3. The molecule has 0 radical (unpaired) electrons. The van der Waals surface area contributed by atoms with Crippen LogP contribution in [0.3, 0.4) is 0 Å². The molecule has 1 saturated heterocycles. The average Bonchev–Trinajstić information content (AvgIpc) is 2.86. The highest BCUT2D eigenvalue weighted by atomic mass is 35.5. The molecule has 4 nitrogen and oxygen atoms in total. The molecule has 0 spiro atoms. The number of hydrogen-bond acceptors (Lipinski definition) is 3. The van der Waals surface area contributed by atoms with E-state index >= 15 is 0 Å². The maximum Gasteiger partial charge on any atom is 0.192 e. The molecule has 1 fully saturated rings. The number of aromatic nitrogens is 1. The molecule has 3 aromatic rings. The Kier molecular flexibility index (Phi) is 6.23. The van der Waals surface area contributed by atoms with E-state index in [2.05, 4.69) is 55.9 Å². The lowest BCUT2D eigenvalue weighted by Crippen LogP contribution is -2.48. The van der Waals surface area contributed by atoms with Gasteiger partial charge in [0.25, 0.3) is 0 Å². The number of nitrogens with one attached hydrogen (secondary N) is 1. The highest BCUT2D eigenvalue weighted by Gasteiger charge is 2.42.